The molecule has 1 aliphatic rings. The van der Waals surface area contributed by atoms with Crippen LogP contribution in [0.1, 0.15) is 55.1 Å². The van der Waals surface area contributed by atoms with Gasteiger partial charge in [-0.25, -0.2) is 4.98 Å². The highest BCUT2D eigenvalue weighted by Crippen LogP contribution is 2.21. The van der Waals surface area contributed by atoms with Gasteiger partial charge in [0.1, 0.15) is 5.82 Å². The molecule has 1 aromatic carbocycles. The third-order valence-corrected chi connectivity index (χ3v) is 3.72. The smallest absolute Gasteiger partial charge is 0.261 e. The normalized spacial score (nSPS) is 12.0. The molecule has 0 aliphatic carbocycles. The van der Waals surface area contributed by atoms with Crippen molar-refractivity contribution in [1.82, 2.24) is 14.5 Å². The van der Waals surface area contributed by atoms with E-state index in [4.69, 9.17) is 0 Å². The number of rotatable bonds is 0. The summed E-state index contributed by atoms with van der Waals surface area (Å²) >= 11 is 0. The zero-order chi connectivity index (χ0) is 18.4. The molecule has 1 aromatic heterocycles. The van der Waals surface area contributed by atoms with Crippen LogP contribution in [0.15, 0.2) is 29.1 Å². The van der Waals surface area contributed by atoms with Crippen LogP contribution in [-0.4, -0.2) is 27.4 Å². The molecule has 2 heterocycles. The van der Waals surface area contributed by atoms with Crippen LogP contribution in [-0.2, 0) is 6.54 Å². The number of benzene rings is 1. The summed E-state index contributed by atoms with van der Waals surface area (Å²) in [6.07, 6.45) is 0. The number of fused-ring (bicyclic) bond motifs is 3. The molecule has 24 heavy (non-hydrogen) atoms. The van der Waals surface area contributed by atoms with E-state index in [1.165, 1.54) is 0 Å². The summed E-state index contributed by atoms with van der Waals surface area (Å²) in [5.74, 6) is 0.500. The zero-order valence-electron chi connectivity index (χ0n) is 15.7. The minimum atomic E-state index is -0.108. The summed E-state index contributed by atoms with van der Waals surface area (Å²) in [7, 11) is 1.72. The molecule has 0 atom stereocenters. The molecular weight excluding hydrogens is 302 g/mol. The predicted octanol–water partition coefficient (Wildman–Crippen LogP) is 3.49. The quantitative estimate of drug-likeness (QED) is 0.743. The van der Waals surface area contributed by atoms with Gasteiger partial charge in [-0.3, -0.25) is 14.2 Å². The highest BCUT2D eigenvalue weighted by atomic mass is 16.2. The van der Waals surface area contributed by atoms with Crippen LogP contribution in [0.5, 0.6) is 0 Å². The summed E-state index contributed by atoms with van der Waals surface area (Å²) in [5, 5.41) is 0. The number of carbonyl (C=O) groups is 1. The maximum Gasteiger partial charge on any atom is 0.261 e. The van der Waals surface area contributed by atoms with Gasteiger partial charge < -0.3 is 4.90 Å². The Labute approximate surface area is 144 Å². The lowest BCUT2D eigenvalue weighted by Crippen LogP contribution is -2.28. The lowest BCUT2D eigenvalue weighted by molar-refractivity contribution is 0.0786. The molecule has 0 saturated heterocycles. The van der Waals surface area contributed by atoms with Crippen molar-refractivity contribution in [3.8, 4) is 5.69 Å². The summed E-state index contributed by atoms with van der Waals surface area (Å²) < 4.78 is 1.55. The maximum atomic E-state index is 12.6. The van der Waals surface area contributed by atoms with Crippen molar-refractivity contribution in [1.29, 1.82) is 0 Å². The van der Waals surface area contributed by atoms with Gasteiger partial charge in [0, 0.05) is 18.3 Å². The van der Waals surface area contributed by atoms with Crippen molar-refractivity contribution in [3.05, 3.63) is 57.3 Å². The van der Waals surface area contributed by atoms with Crippen molar-refractivity contribution in [2.45, 2.75) is 48.1 Å². The van der Waals surface area contributed by atoms with Crippen molar-refractivity contribution < 1.29 is 4.79 Å². The Morgan fingerprint density at radius 2 is 1.58 bits per heavy atom. The van der Waals surface area contributed by atoms with Crippen LogP contribution in [0.25, 0.3) is 5.69 Å². The van der Waals surface area contributed by atoms with Crippen molar-refractivity contribution >= 4 is 5.91 Å². The first kappa shape index (κ1) is 19.6. The SMILES string of the molecule is CC.CC.Cc1nc2n(c(=O)c1C)-c1ccccc1C(=O)N(C)C2. The number of hydrogen-bond donors (Lipinski definition) is 0. The molecule has 0 fully saturated rings. The molecule has 5 nitrogen and oxygen atoms in total. The summed E-state index contributed by atoms with van der Waals surface area (Å²) in [4.78, 5) is 31.0. The van der Waals surface area contributed by atoms with Gasteiger partial charge in [0.15, 0.2) is 0 Å². The average Bonchev–Trinajstić information content (AvgIpc) is 2.72. The van der Waals surface area contributed by atoms with Gasteiger partial charge in [-0.05, 0) is 26.0 Å². The fraction of sp³-hybridized carbons (Fsp3) is 0.421. The second-order valence-electron chi connectivity index (χ2n) is 5.06. The lowest BCUT2D eigenvalue weighted by atomic mass is 10.1. The van der Waals surface area contributed by atoms with Gasteiger partial charge in [0.2, 0.25) is 0 Å². The highest BCUT2D eigenvalue weighted by molar-refractivity contribution is 5.98. The average molecular weight is 329 g/mol. The van der Waals surface area contributed by atoms with Gasteiger partial charge in [-0.15, -0.1) is 0 Å². The fourth-order valence-corrected chi connectivity index (χ4v) is 2.46. The third kappa shape index (κ3) is 3.40. The van der Waals surface area contributed by atoms with Crippen LogP contribution in [0.4, 0.5) is 0 Å². The predicted molar refractivity (Wildman–Crippen MR) is 97.8 cm³/mol. The van der Waals surface area contributed by atoms with Crippen LogP contribution < -0.4 is 5.56 Å². The Balaban J connectivity index is 0.000000671. The molecule has 0 saturated carbocycles. The van der Waals surface area contributed by atoms with E-state index >= 15 is 0 Å². The van der Waals surface area contributed by atoms with Crippen molar-refractivity contribution in [2.75, 3.05) is 7.05 Å². The molecule has 130 valence electrons. The van der Waals surface area contributed by atoms with Gasteiger partial charge in [0.05, 0.1) is 17.8 Å². The van der Waals surface area contributed by atoms with Crippen LogP contribution >= 0.6 is 0 Å². The first-order valence-electron chi connectivity index (χ1n) is 8.44. The van der Waals surface area contributed by atoms with Crippen molar-refractivity contribution in [3.63, 3.8) is 0 Å². The maximum absolute atomic E-state index is 12.6. The van der Waals surface area contributed by atoms with E-state index in [1.54, 1.807) is 41.6 Å². The molecule has 0 radical (unpaired) electrons. The Morgan fingerprint density at radius 1 is 1.00 bits per heavy atom. The van der Waals surface area contributed by atoms with E-state index in [1.807, 2.05) is 40.7 Å². The second kappa shape index (κ2) is 8.43. The minimum absolute atomic E-state index is 0.0965. The first-order chi connectivity index (χ1) is 11.5. The summed E-state index contributed by atoms with van der Waals surface area (Å²) in [6.45, 7) is 11.9. The van der Waals surface area contributed by atoms with Gasteiger partial charge in [-0.2, -0.15) is 0 Å². The second-order valence-corrected chi connectivity index (χ2v) is 5.06. The Morgan fingerprint density at radius 3 is 2.21 bits per heavy atom. The van der Waals surface area contributed by atoms with Crippen LogP contribution in [0.3, 0.4) is 0 Å². The molecule has 3 rings (SSSR count). The van der Waals surface area contributed by atoms with E-state index in [-0.39, 0.29) is 11.5 Å². The number of hydrogen-bond acceptors (Lipinski definition) is 3. The van der Waals surface area contributed by atoms with E-state index in [0.717, 1.165) is 0 Å². The van der Waals surface area contributed by atoms with E-state index < -0.39 is 0 Å². The molecule has 0 unspecified atom stereocenters. The van der Waals surface area contributed by atoms with Gasteiger partial charge in [0.25, 0.3) is 11.5 Å². The molecule has 0 spiro atoms. The minimum Gasteiger partial charge on any atom is -0.334 e. The molecule has 5 heteroatoms. The van der Waals surface area contributed by atoms with Crippen molar-refractivity contribution in [2.24, 2.45) is 0 Å². The van der Waals surface area contributed by atoms with Gasteiger partial charge >= 0.3 is 0 Å². The van der Waals surface area contributed by atoms with E-state index in [0.29, 0.717) is 34.9 Å². The first-order valence-corrected chi connectivity index (χ1v) is 8.44. The topological polar surface area (TPSA) is 55.2 Å². The van der Waals surface area contributed by atoms with Crippen LogP contribution in [0.2, 0.25) is 0 Å². The molecular formula is C19H27N3O2. The molecule has 0 N–H and O–H groups in total. The Hall–Kier alpha value is -2.43. The van der Waals surface area contributed by atoms with E-state index in [9.17, 15) is 9.59 Å². The Kier molecular flexibility index (Phi) is 6.89. The monoisotopic (exact) mass is 329 g/mol. The molecule has 1 amide bonds. The number of carbonyl (C=O) groups excluding carboxylic acids is 1. The standard InChI is InChI=1S/C15H15N3O2.2C2H6/c1-9-10(2)16-13-8-17(3)15(20)11-6-4-5-7-12(11)18(13)14(9)19;2*1-2/h4-7H,8H2,1-3H3;2*1-2H3. The van der Waals surface area contributed by atoms with E-state index in [2.05, 4.69) is 4.98 Å². The highest BCUT2D eigenvalue weighted by Gasteiger charge is 2.25. The molecule has 1 aliphatic heterocycles. The number of aromatic nitrogens is 2. The van der Waals surface area contributed by atoms with Gasteiger partial charge in [-0.1, -0.05) is 39.8 Å². The number of amides is 1. The Bertz CT molecular complexity index is 779. The zero-order valence-corrected chi connectivity index (χ0v) is 15.7. The summed E-state index contributed by atoms with van der Waals surface area (Å²) in [5.41, 5.74) is 2.35. The fourth-order valence-electron chi connectivity index (χ4n) is 2.46. The molecule has 0 bridgehead atoms. The summed E-state index contributed by atoms with van der Waals surface area (Å²) in [6, 6.07) is 7.15. The number of para-hydroxylation sites is 1. The molecule has 2 aromatic rings. The number of aryl methyl sites for hydroxylation is 1. The van der Waals surface area contributed by atoms with Crippen LogP contribution in [0, 0.1) is 13.8 Å². The third-order valence-electron chi connectivity index (χ3n) is 3.72. The lowest BCUT2D eigenvalue weighted by Gasteiger charge is -2.14. The largest absolute Gasteiger partial charge is 0.334 e. The number of nitrogens with zero attached hydrogens (tertiary/aromatic N) is 3.